The first-order valence-corrected chi connectivity index (χ1v) is 8.86. The minimum atomic E-state index is -0.0364. The topological polar surface area (TPSA) is 61.8 Å². The van der Waals surface area contributed by atoms with E-state index in [1.807, 2.05) is 18.2 Å². The number of aliphatic hydroxyl groups excluding tert-OH is 1. The van der Waals surface area contributed by atoms with Gasteiger partial charge in [-0.3, -0.25) is 9.69 Å². The van der Waals surface area contributed by atoms with Crippen molar-refractivity contribution in [2.45, 2.75) is 45.3 Å². The Hall–Kier alpha value is -1.43. The average Bonchev–Trinajstić information content (AvgIpc) is 2.56. The molecule has 0 bridgehead atoms. The number of ether oxygens (including phenoxy) is 1. The van der Waals surface area contributed by atoms with Gasteiger partial charge >= 0.3 is 0 Å². The molecule has 1 aromatic carbocycles. The van der Waals surface area contributed by atoms with E-state index in [2.05, 4.69) is 36.2 Å². The van der Waals surface area contributed by atoms with Gasteiger partial charge < -0.3 is 15.2 Å². The molecule has 24 heavy (non-hydrogen) atoms. The summed E-state index contributed by atoms with van der Waals surface area (Å²) < 4.78 is 5.33. The molecular formula is C19H30N2O3. The average molecular weight is 334 g/mol. The monoisotopic (exact) mass is 334 g/mol. The molecule has 1 fully saturated rings. The first kappa shape index (κ1) is 18.9. The van der Waals surface area contributed by atoms with Crippen molar-refractivity contribution in [1.29, 1.82) is 0 Å². The highest BCUT2D eigenvalue weighted by atomic mass is 16.5. The van der Waals surface area contributed by atoms with Gasteiger partial charge in [0.25, 0.3) is 0 Å². The van der Waals surface area contributed by atoms with Gasteiger partial charge in [0.15, 0.2) is 0 Å². The second kappa shape index (κ2) is 9.77. The number of benzene rings is 1. The number of nitrogens with one attached hydrogen (secondary N) is 1. The van der Waals surface area contributed by atoms with Gasteiger partial charge in [-0.2, -0.15) is 0 Å². The number of hydrogen-bond donors (Lipinski definition) is 2. The Labute approximate surface area is 145 Å². The van der Waals surface area contributed by atoms with Crippen LogP contribution in [-0.2, 0) is 16.1 Å². The smallest absolute Gasteiger partial charge is 0.234 e. The number of nitrogens with zero attached hydrogens (tertiary/aromatic N) is 1. The maximum Gasteiger partial charge on any atom is 0.234 e. The zero-order valence-corrected chi connectivity index (χ0v) is 14.8. The third-order valence-corrected chi connectivity index (χ3v) is 4.59. The van der Waals surface area contributed by atoms with E-state index >= 15 is 0 Å². The molecule has 2 N–H and O–H groups in total. The predicted molar refractivity (Wildman–Crippen MR) is 94.5 cm³/mol. The second-order valence-corrected chi connectivity index (χ2v) is 6.84. The van der Waals surface area contributed by atoms with Gasteiger partial charge in [-0.1, -0.05) is 44.2 Å². The zero-order valence-electron chi connectivity index (χ0n) is 14.8. The van der Waals surface area contributed by atoms with Gasteiger partial charge in [0.05, 0.1) is 13.2 Å². The molecule has 1 unspecified atom stereocenters. The summed E-state index contributed by atoms with van der Waals surface area (Å²) in [4.78, 5) is 14.6. The van der Waals surface area contributed by atoms with Gasteiger partial charge in [-0.15, -0.1) is 0 Å². The second-order valence-electron chi connectivity index (χ2n) is 6.84. The van der Waals surface area contributed by atoms with E-state index in [0.717, 1.165) is 18.4 Å². The number of aliphatic hydroxyl groups is 1. The molecule has 1 saturated heterocycles. The molecule has 0 spiro atoms. The Morgan fingerprint density at radius 1 is 1.29 bits per heavy atom. The fourth-order valence-corrected chi connectivity index (χ4v) is 3.16. The third-order valence-electron chi connectivity index (χ3n) is 4.59. The third kappa shape index (κ3) is 5.89. The Kier molecular flexibility index (Phi) is 7.69. The fraction of sp³-hybridized carbons (Fsp3) is 0.632. The van der Waals surface area contributed by atoms with E-state index in [0.29, 0.717) is 26.3 Å². The van der Waals surface area contributed by atoms with Gasteiger partial charge in [0, 0.05) is 31.8 Å². The van der Waals surface area contributed by atoms with Gasteiger partial charge in [-0.25, -0.2) is 0 Å². The van der Waals surface area contributed by atoms with Crippen molar-refractivity contribution in [3.8, 4) is 0 Å². The van der Waals surface area contributed by atoms with Crippen LogP contribution in [0.1, 0.15) is 32.3 Å². The van der Waals surface area contributed by atoms with Crippen LogP contribution in [0.2, 0.25) is 0 Å². The minimum Gasteiger partial charge on any atom is -0.395 e. The van der Waals surface area contributed by atoms with Crippen molar-refractivity contribution in [3.63, 3.8) is 0 Å². The minimum absolute atomic E-state index is 0.0249. The Morgan fingerprint density at radius 3 is 2.54 bits per heavy atom. The van der Waals surface area contributed by atoms with Crippen molar-refractivity contribution in [1.82, 2.24) is 10.2 Å². The summed E-state index contributed by atoms with van der Waals surface area (Å²) >= 11 is 0. The standard InChI is InChI=1S/C19H30N2O3/c1-15(2)18(14-22)21(12-16-6-4-3-5-7-16)13-19(23)20-17-8-10-24-11-9-17/h3-7,15,17-18,22H,8-14H2,1-2H3,(H,20,23). The lowest BCUT2D eigenvalue weighted by atomic mass is 10.0. The maximum absolute atomic E-state index is 12.5. The van der Waals surface area contributed by atoms with Crippen molar-refractivity contribution in [2.75, 3.05) is 26.4 Å². The predicted octanol–water partition coefficient (Wildman–Crippen LogP) is 1.80. The van der Waals surface area contributed by atoms with Gasteiger partial charge in [0.2, 0.25) is 5.91 Å². The van der Waals surface area contributed by atoms with Crippen LogP contribution in [0.5, 0.6) is 0 Å². The van der Waals surface area contributed by atoms with E-state index in [1.54, 1.807) is 0 Å². The maximum atomic E-state index is 12.5. The molecule has 1 heterocycles. The Morgan fingerprint density at radius 2 is 1.96 bits per heavy atom. The molecule has 1 atom stereocenters. The summed E-state index contributed by atoms with van der Waals surface area (Å²) in [6.07, 6.45) is 1.75. The van der Waals surface area contributed by atoms with Crippen LogP contribution in [0.15, 0.2) is 30.3 Å². The summed E-state index contributed by atoms with van der Waals surface area (Å²) in [7, 11) is 0. The molecule has 5 heteroatoms. The highest BCUT2D eigenvalue weighted by Gasteiger charge is 2.25. The van der Waals surface area contributed by atoms with Crippen LogP contribution >= 0.6 is 0 Å². The summed E-state index contributed by atoms with van der Waals surface area (Å²) in [5.74, 6) is 0.298. The van der Waals surface area contributed by atoms with Crippen LogP contribution in [0.4, 0.5) is 0 Å². The number of rotatable bonds is 8. The SMILES string of the molecule is CC(C)C(CO)N(CC(=O)NC1CCOCC1)Cc1ccccc1. The molecule has 2 rings (SSSR count). The van der Waals surface area contributed by atoms with E-state index < -0.39 is 0 Å². The largest absolute Gasteiger partial charge is 0.395 e. The van der Waals surface area contributed by atoms with Crippen LogP contribution in [0.3, 0.4) is 0 Å². The molecule has 1 aliphatic heterocycles. The Balaban J connectivity index is 1.99. The van der Waals surface area contributed by atoms with Crippen molar-refractivity contribution in [3.05, 3.63) is 35.9 Å². The number of amides is 1. The normalized spacial score (nSPS) is 17.2. The number of carbonyl (C=O) groups excluding carboxylic acids is 1. The molecular weight excluding hydrogens is 304 g/mol. The van der Waals surface area contributed by atoms with Crippen molar-refractivity contribution < 1.29 is 14.6 Å². The molecule has 1 aliphatic rings. The molecule has 0 aliphatic carbocycles. The van der Waals surface area contributed by atoms with Gasteiger partial charge in [0.1, 0.15) is 0 Å². The van der Waals surface area contributed by atoms with E-state index in [-0.39, 0.29) is 30.5 Å². The lowest BCUT2D eigenvalue weighted by molar-refractivity contribution is -0.124. The van der Waals surface area contributed by atoms with Crippen LogP contribution in [0.25, 0.3) is 0 Å². The quantitative estimate of drug-likeness (QED) is 0.761. The lowest BCUT2D eigenvalue weighted by Gasteiger charge is -2.33. The molecule has 1 aromatic rings. The zero-order chi connectivity index (χ0) is 17.4. The highest BCUT2D eigenvalue weighted by molar-refractivity contribution is 5.78. The molecule has 0 radical (unpaired) electrons. The van der Waals surface area contributed by atoms with Crippen LogP contribution < -0.4 is 5.32 Å². The molecule has 1 amide bonds. The number of carbonyl (C=O) groups is 1. The molecule has 0 saturated carbocycles. The molecule has 5 nitrogen and oxygen atoms in total. The van der Waals surface area contributed by atoms with Crippen molar-refractivity contribution in [2.24, 2.45) is 5.92 Å². The first-order valence-electron chi connectivity index (χ1n) is 8.86. The molecule has 134 valence electrons. The van der Waals surface area contributed by atoms with E-state index in [1.165, 1.54) is 0 Å². The summed E-state index contributed by atoms with van der Waals surface area (Å²) in [6, 6.07) is 10.3. The summed E-state index contributed by atoms with van der Waals surface area (Å²) in [5, 5.41) is 12.9. The lowest BCUT2D eigenvalue weighted by Crippen LogP contribution is -2.49. The fourth-order valence-electron chi connectivity index (χ4n) is 3.16. The van der Waals surface area contributed by atoms with E-state index in [9.17, 15) is 9.90 Å². The van der Waals surface area contributed by atoms with Gasteiger partial charge in [-0.05, 0) is 24.3 Å². The first-order chi connectivity index (χ1) is 11.6. The summed E-state index contributed by atoms with van der Waals surface area (Å²) in [6.45, 7) is 6.59. The Bertz CT molecular complexity index is 487. The highest BCUT2D eigenvalue weighted by Crippen LogP contribution is 2.15. The van der Waals surface area contributed by atoms with Crippen LogP contribution in [0, 0.1) is 5.92 Å². The van der Waals surface area contributed by atoms with Crippen LogP contribution in [-0.4, -0.2) is 54.4 Å². The summed E-state index contributed by atoms with van der Waals surface area (Å²) in [5.41, 5.74) is 1.15. The number of hydrogen-bond acceptors (Lipinski definition) is 4. The van der Waals surface area contributed by atoms with E-state index in [4.69, 9.17) is 4.74 Å². The molecule has 0 aromatic heterocycles. The van der Waals surface area contributed by atoms with Crippen molar-refractivity contribution >= 4 is 5.91 Å².